The van der Waals surface area contributed by atoms with Crippen molar-refractivity contribution in [3.05, 3.63) is 102 Å². The average Bonchev–Trinajstić information content (AvgIpc) is 2.68. The van der Waals surface area contributed by atoms with E-state index in [4.69, 9.17) is 0 Å². The van der Waals surface area contributed by atoms with Gasteiger partial charge in [-0.3, -0.25) is 0 Å². The summed E-state index contributed by atoms with van der Waals surface area (Å²) < 4.78 is 0. The minimum Gasteiger partial charge on any atom is -0.508 e. The molecule has 0 bridgehead atoms. The number of benzene rings is 3. The molecule has 128 valence electrons. The summed E-state index contributed by atoms with van der Waals surface area (Å²) in [6.07, 6.45) is 4.65. The van der Waals surface area contributed by atoms with Crippen LogP contribution in [0.5, 0.6) is 5.75 Å². The Balaban J connectivity index is 2.21. The van der Waals surface area contributed by atoms with Crippen LogP contribution in [-0.2, 0) is 5.41 Å². The number of hydrogen-bond donors (Lipinski definition) is 1. The van der Waals surface area contributed by atoms with E-state index in [0.717, 1.165) is 6.42 Å². The van der Waals surface area contributed by atoms with Crippen LogP contribution >= 0.6 is 0 Å². The van der Waals surface area contributed by atoms with Crippen LogP contribution in [0.2, 0.25) is 0 Å². The summed E-state index contributed by atoms with van der Waals surface area (Å²) in [6, 6.07) is 29.3. The second kappa shape index (κ2) is 8.02. The van der Waals surface area contributed by atoms with Gasteiger partial charge in [0.25, 0.3) is 0 Å². The van der Waals surface area contributed by atoms with Crippen LogP contribution in [0.25, 0.3) is 0 Å². The first kappa shape index (κ1) is 17.3. The first-order valence-corrected chi connectivity index (χ1v) is 9.18. The number of phenols is 1. The van der Waals surface area contributed by atoms with Gasteiger partial charge in [-0.15, -0.1) is 0 Å². The molecule has 0 aliphatic heterocycles. The Morgan fingerprint density at radius 2 is 1.12 bits per heavy atom. The number of aromatic hydroxyl groups is 1. The molecule has 0 fully saturated rings. The van der Waals surface area contributed by atoms with Crippen LogP contribution in [0.3, 0.4) is 0 Å². The maximum Gasteiger partial charge on any atom is 0.115 e. The van der Waals surface area contributed by atoms with Crippen LogP contribution in [0.4, 0.5) is 0 Å². The molecule has 1 nitrogen and oxygen atoms in total. The van der Waals surface area contributed by atoms with Gasteiger partial charge in [-0.1, -0.05) is 99.0 Å². The van der Waals surface area contributed by atoms with Gasteiger partial charge in [0, 0.05) is 5.41 Å². The first-order valence-electron chi connectivity index (χ1n) is 9.18. The highest BCUT2D eigenvalue weighted by Gasteiger charge is 2.35. The molecule has 25 heavy (non-hydrogen) atoms. The van der Waals surface area contributed by atoms with E-state index < -0.39 is 0 Å². The van der Waals surface area contributed by atoms with E-state index in [-0.39, 0.29) is 5.41 Å². The van der Waals surface area contributed by atoms with Gasteiger partial charge in [-0.25, -0.2) is 0 Å². The summed E-state index contributed by atoms with van der Waals surface area (Å²) in [6.45, 7) is 2.24. The second-order valence-corrected chi connectivity index (χ2v) is 6.64. The fourth-order valence-corrected chi connectivity index (χ4v) is 3.76. The molecule has 0 aliphatic rings. The molecule has 3 aromatic rings. The topological polar surface area (TPSA) is 20.2 Å². The summed E-state index contributed by atoms with van der Waals surface area (Å²) in [4.78, 5) is 0. The SMILES string of the molecule is CCCCCC(c1ccccc1)(c1ccccc1)c1ccc(O)cc1. The summed E-state index contributed by atoms with van der Waals surface area (Å²) >= 11 is 0. The highest BCUT2D eigenvalue weighted by atomic mass is 16.3. The van der Waals surface area contributed by atoms with E-state index in [1.807, 2.05) is 0 Å². The maximum absolute atomic E-state index is 9.78. The van der Waals surface area contributed by atoms with E-state index in [1.165, 1.54) is 36.0 Å². The lowest BCUT2D eigenvalue weighted by Gasteiger charge is -2.36. The third kappa shape index (κ3) is 3.61. The van der Waals surface area contributed by atoms with Crippen LogP contribution in [0, 0.1) is 0 Å². The van der Waals surface area contributed by atoms with Crippen molar-refractivity contribution in [1.29, 1.82) is 0 Å². The first-order chi connectivity index (χ1) is 12.3. The van der Waals surface area contributed by atoms with Gasteiger partial charge in [-0.05, 0) is 35.2 Å². The van der Waals surface area contributed by atoms with Gasteiger partial charge in [0.1, 0.15) is 5.75 Å². The Bertz CT molecular complexity index is 721. The van der Waals surface area contributed by atoms with Crippen LogP contribution in [0.15, 0.2) is 84.9 Å². The Kier molecular flexibility index (Phi) is 5.55. The van der Waals surface area contributed by atoms with Gasteiger partial charge in [-0.2, -0.15) is 0 Å². The fraction of sp³-hybridized carbons (Fsp3) is 0.250. The van der Waals surface area contributed by atoms with Crippen molar-refractivity contribution in [2.75, 3.05) is 0 Å². The van der Waals surface area contributed by atoms with Gasteiger partial charge in [0.05, 0.1) is 0 Å². The molecular formula is C24H26O. The molecule has 0 atom stereocenters. The third-order valence-electron chi connectivity index (χ3n) is 5.05. The number of unbranched alkanes of at least 4 members (excludes halogenated alkanes) is 2. The minimum atomic E-state index is -0.189. The minimum absolute atomic E-state index is 0.189. The Labute approximate surface area is 151 Å². The van der Waals surface area contributed by atoms with Gasteiger partial charge >= 0.3 is 0 Å². The normalized spacial score (nSPS) is 11.4. The molecule has 0 aromatic heterocycles. The monoisotopic (exact) mass is 330 g/mol. The predicted octanol–water partition coefficient (Wildman–Crippen LogP) is 6.31. The predicted molar refractivity (Wildman–Crippen MR) is 105 cm³/mol. The molecule has 0 aliphatic carbocycles. The summed E-state index contributed by atoms with van der Waals surface area (Å²) in [7, 11) is 0. The molecule has 3 aromatic carbocycles. The Hall–Kier alpha value is -2.54. The summed E-state index contributed by atoms with van der Waals surface area (Å²) in [5.41, 5.74) is 3.66. The molecule has 1 heteroatoms. The lowest BCUT2D eigenvalue weighted by atomic mass is 9.66. The molecular weight excluding hydrogens is 304 g/mol. The smallest absolute Gasteiger partial charge is 0.115 e. The van der Waals surface area contributed by atoms with E-state index in [1.54, 1.807) is 12.1 Å². The summed E-state index contributed by atoms with van der Waals surface area (Å²) in [5, 5.41) is 9.78. The Morgan fingerprint density at radius 1 is 0.640 bits per heavy atom. The average molecular weight is 330 g/mol. The maximum atomic E-state index is 9.78. The second-order valence-electron chi connectivity index (χ2n) is 6.64. The van der Waals surface area contributed by atoms with E-state index >= 15 is 0 Å². The summed E-state index contributed by atoms with van der Waals surface area (Å²) in [5.74, 6) is 0.312. The quantitative estimate of drug-likeness (QED) is 0.398. The van der Waals surface area contributed by atoms with Crippen molar-refractivity contribution in [2.45, 2.75) is 38.0 Å². The molecule has 0 heterocycles. The van der Waals surface area contributed by atoms with Gasteiger partial charge in [0.2, 0.25) is 0 Å². The lowest BCUT2D eigenvalue weighted by Crippen LogP contribution is -2.29. The zero-order valence-electron chi connectivity index (χ0n) is 14.9. The number of rotatable bonds is 7. The molecule has 0 saturated heterocycles. The zero-order chi connectivity index (χ0) is 17.5. The van der Waals surface area contributed by atoms with Crippen molar-refractivity contribution in [2.24, 2.45) is 0 Å². The molecule has 0 saturated carbocycles. The third-order valence-corrected chi connectivity index (χ3v) is 5.05. The highest BCUT2D eigenvalue weighted by Crippen LogP contribution is 2.43. The number of phenolic OH excluding ortho intramolecular Hbond substituents is 1. The van der Waals surface area contributed by atoms with Crippen LogP contribution in [0.1, 0.15) is 49.3 Å². The highest BCUT2D eigenvalue weighted by molar-refractivity contribution is 5.51. The van der Waals surface area contributed by atoms with Gasteiger partial charge in [0.15, 0.2) is 0 Å². The largest absolute Gasteiger partial charge is 0.508 e. The molecule has 0 amide bonds. The molecule has 0 radical (unpaired) electrons. The molecule has 0 spiro atoms. The standard InChI is InChI=1S/C24H26O/c1-2-3-10-19-24(20-11-6-4-7-12-20,21-13-8-5-9-14-21)22-15-17-23(25)18-16-22/h4-9,11-18,25H,2-3,10,19H2,1H3. The van der Waals surface area contributed by atoms with Crippen molar-refractivity contribution >= 4 is 0 Å². The van der Waals surface area contributed by atoms with Crippen molar-refractivity contribution in [3.8, 4) is 5.75 Å². The Morgan fingerprint density at radius 3 is 1.60 bits per heavy atom. The molecule has 3 rings (SSSR count). The number of hydrogen-bond acceptors (Lipinski definition) is 1. The van der Waals surface area contributed by atoms with Crippen molar-refractivity contribution in [3.63, 3.8) is 0 Å². The van der Waals surface area contributed by atoms with Crippen molar-refractivity contribution < 1.29 is 5.11 Å². The van der Waals surface area contributed by atoms with Crippen LogP contribution in [-0.4, -0.2) is 5.11 Å². The van der Waals surface area contributed by atoms with Crippen LogP contribution < -0.4 is 0 Å². The van der Waals surface area contributed by atoms with E-state index in [9.17, 15) is 5.11 Å². The molecule has 1 N–H and O–H groups in total. The zero-order valence-corrected chi connectivity index (χ0v) is 14.9. The van der Waals surface area contributed by atoms with E-state index in [2.05, 4.69) is 79.7 Å². The van der Waals surface area contributed by atoms with E-state index in [0.29, 0.717) is 5.75 Å². The van der Waals surface area contributed by atoms with Crippen molar-refractivity contribution in [1.82, 2.24) is 0 Å². The fourth-order valence-electron chi connectivity index (χ4n) is 3.76. The van der Waals surface area contributed by atoms with Gasteiger partial charge < -0.3 is 5.11 Å². The lowest BCUT2D eigenvalue weighted by molar-refractivity contribution is 0.473. The molecule has 0 unspecified atom stereocenters.